The Balaban J connectivity index is 1.50. The van der Waals surface area contributed by atoms with Gasteiger partial charge in [0.05, 0.1) is 24.5 Å². The molecule has 2 fully saturated rings. The molecule has 1 N–H and O–H groups in total. The maximum atomic E-state index is 13.2. The average Bonchev–Trinajstić information content (AvgIpc) is 3.10. The molecule has 2 aliphatic heterocycles. The van der Waals surface area contributed by atoms with E-state index < -0.39 is 0 Å². The molecule has 4 rings (SSSR count). The summed E-state index contributed by atoms with van der Waals surface area (Å²) in [5.41, 5.74) is 3.22. The van der Waals surface area contributed by atoms with E-state index >= 15 is 0 Å². The van der Waals surface area contributed by atoms with Gasteiger partial charge < -0.3 is 19.9 Å². The second kappa shape index (κ2) is 9.21. The van der Waals surface area contributed by atoms with Gasteiger partial charge in [0.1, 0.15) is 5.75 Å². The van der Waals surface area contributed by atoms with E-state index in [9.17, 15) is 4.79 Å². The number of hydrogen-bond acceptors (Lipinski definition) is 3. The van der Waals surface area contributed by atoms with E-state index in [1.165, 1.54) is 31.2 Å². The molecule has 2 heterocycles. The number of benzene rings is 2. The standard InChI is InChI=1S/C24H31N3O2/c1-29-20-14-12-19(13-15-20)22-11-8-18-27(22)24(28)25-21-9-4-5-10-23(21)26-16-6-2-3-7-17-26/h4-5,9-10,12-15,22H,2-3,6-8,11,16-18H2,1H3,(H,25,28). The van der Waals surface area contributed by atoms with Crippen LogP contribution in [0.4, 0.5) is 16.2 Å². The van der Waals surface area contributed by atoms with Crippen LogP contribution in [0.25, 0.3) is 0 Å². The number of nitrogens with zero attached hydrogens (tertiary/aromatic N) is 2. The van der Waals surface area contributed by atoms with E-state index in [1.807, 2.05) is 29.2 Å². The summed E-state index contributed by atoms with van der Waals surface area (Å²) < 4.78 is 5.27. The summed E-state index contributed by atoms with van der Waals surface area (Å²) in [4.78, 5) is 17.6. The van der Waals surface area contributed by atoms with Crippen LogP contribution in [-0.4, -0.2) is 37.7 Å². The van der Waals surface area contributed by atoms with Gasteiger partial charge in [0.2, 0.25) is 0 Å². The fourth-order valence-electron chi connectivity index (χ4n) is 4.54. The second-order valence-corrected chi connectivity index (χ2v) is 7.97. The topological polar surface area (TPSA) is 44.8 Å². The monoisotopic (exact) mass is 393 g/mol. The van der Waals surface area contributed by atoms with E-state index in [-0.39, 0.29) is 12.1 Å². The minimum Gasteiger partial charge on any atom is -0.497 e. The van der Waals surface area contributed by atoms with Crippen molar-refractivity contribution in [3.05, 3.63) is 54.1 Å². The Hall–Kier alpha value is -2.69. The molecule has 5 nitrogen and oxygen atoms in total. The quantitative estimate of drug-likeness (QED) is 0.752. The summed E-state index contributed by atoms with van der Waals surface area (Å²) in [5.74, 6) is 0.842. The molecule has 0 bridgehead atoms. The molecule has 2 aromatic rings. The number of hydrogen-bond donors (Lipinski definition) is 1. The highest BCUT2D eigenvalue weighted by atomic mass is 16.5. The predicted molar refractivity (Wildman–Crippen MR) is 118 cm³/mol. The van der Waals surface area contributed by atoms with Gasteiger partial charge in [0.15, 0.2) is 0 Å². The van der Waals surface area contributed by atoms with Crippen LogP contribution in [0.5, 0.6) is 5.75 Å². The summed E-state index contributed by atoms with van der Waals surface area (Å²) in [6.45, 7) is 2.91. The van der Waals surface area contributed by atoms with Crippen molar-refractivity contribution < 1.29 is 9.53 Å². The first-order valence-corrected chi connectivity index (χ1v) is 10.8. The van der Waals surface area contributed by atoms with Crippen LogP contribution in [-0.2, 0) is 0 Å². The fourth-order valence-corrected chi connectivity index (χ4v) is 4.54. The Morgan fingerprint density at radius 2 is 1.66 bits per heavy atom. The van der Waals surface area contributed by atoms with Gasteiger partial charge in [-0.1, -0.05) is 37.1 Å². The van der Waals surface area contributed by atoms with Crippen molar-refractivity contribution in [2.24, 2.45) is 0 Å². The Bertz CT molecular complexity index is 813. The molecule has 0 spiro atoms. The van der Waals surface area contributed by atoms with Crippen molar-refractivity contribution in [2.45, 2.75) is 44.6 Å². The zero-order valence-electron chi connectivity index (χ0n) is 17.3. The summed E-state index contributed by atoms with van der Waals surface area (Å²) in [6.07, 6.45) is 7.04. The number of ether oxygens (including phenoxy) is 1. The van der Waals surface area contributed by atoms with Crippen molar-refractivity contribution in [3.8, 4) is 5.75 Å². The Kier molecular flexibility index (Phi) is 6.23. The number of urea groups is 1. The molecule has 5 heteroatoms. The lowest BCUT2D eigenvalue weighted by molar-refractivity contribution is 0.207. The molecule has 0 aromatic heterocycles. The largest absolute Gasteiger partial charge is 0.497 e. The maximum Gasteiger partial charge on any atom is 0.322 e. The fraction of sp³-hybridized carbons (Fsp3) is 0.458. The molecule has 0 aliphatic carbocycles. The van der Waals surface area contributed by atoms with Crippen molar-refractivity contribution >= 4 is 17.4 Å². The van der Waals surface area contributed by atoms with Gasteiger partial charge in [-0.15, -0.1) is 0 Å². The van der Waals surface area contributed by atoms with Crippen LogP contribution in [0.2, 0.25) is 0 Å². The van der Waals surface area contributed by atoms with Crippen LogP contribution in [0, 0.1) is 0 Å². The number of para-hydroxylation sites is 2. The van der Waals surface area contributed by atoms with Crippen LogP contribution < -0.4 is 15.0 Å². The summed E-state index contributed by atoms with van der Waals surface area (Å²) in [6, 6.07) is 16.4. The van der Waals surface area contributed by atoms with Crippen molar-refractivity contribution in [1.29, 1.82) is 0 Å². The molecule has 0 radical (unpaired) electrons. The number of nitrogens with one attached hydrogen (secondary N) is 1. The zero-order chi connectivity index (χ0) is 20.1. The number of carbonyl (C=O) groups excluding carboxylic acids is 1. The third-order valence-corrected chi connectivity index (χ3v) is 6.11. The highest BCUT2D eigenvalue weighted by Gasteiger charge is 2.30. The van der Waals surface area contributed by atoms with Crippen LogP contribution >= 0.6 is 0 Å². The first-order chi connectivity index (χ1) is 14.3. The van der Waals surface area contributed by atoms with E-state index in [2.05, 4.69) is 34.5 Å². The first-order valence-electron chi connectivity index (χ1n) is 10.8. The first kappa shape index (κ1) is 19.6. The molecular formula is C24H31N3O2. The predicted octanol–water partition coefficient (Wildman–Crippen LogP) is 5.44. The zero-order valence-corrected chi connectivity index (χ0v) is 17.3. The van der Waals surface area contributed by atoms with E-state index in [0.717, 1.165) is 49.6 Å². The molecule has 2 aromatic carbocycles. The van der Waals surface area contributed by atoms with Gasteiger partial charge in [-0.05, 0) is 55.5 Å². The Labute approximate surface area is 173 Å². The van der Waals surface area contributed by atoms with E-state index in [0.29, 0.717) is 0 Å². The molecule has 1 unspecified atom stereocenters. The highest BCUT2D eigenvalue weighted by Crippen LogP contribution is 2.34. The lowest BCUT2D eigenvalue weighted by Gasteiger charge is -2.28. The van der Waals surface area contributed by atoms with Gasteiger partial charge in [-0.25, -0.2) is 4.79 Å². The van der Waals surface area contributed by atoms with Gasteiger partial charge in [0.25, 0.3) is 0 Å². The average molecular weight is 394 g/mol. The summed E-state index contributed by atoms with van der Waals surface area (Å²) in [5, 5.41) is 3.21. The summed E-state index contributed by atoms with van der Waals surface area (Å²) >= 11 is 0. The smallest absolute Gasteiger partial charge is 0.322 e. The van der Waals surface area contributed by atoms with E-state index in [1.54, 1.807) is 7.11 Å². The molecule has 2 amide bonds. The normalized spacial score (nSPS) is 19.7. The minimum atomic E-state index is -0.00871. The molecular weight excluding hydrogens is 362 g/mol. The summed E-state index contributed by atoms with van der Waals surface area (Å²) in [7, 11) is 1.67. The van der Waals surface area contributed by atoms with Crippen molar-refractivity contribution in [2.75, 3.05) is 37.0 Å². The van der Waals surface area contributed by atoms with Gasteiger partial charge in [0, 0.05) is 19.6 Å². The van der Waals surface area contributed by atoms with Crippen LogP contribution in [0.3, 0.4) is 0 Å². The van der Waals surface area contributed by atoms with Gasteiger partial charge >= 0.3 is 6.03 Å². The number of amides is 2. The number of likely N-dealkylation sites (tertiary alicyclic amines) is 1. The van der Waals surface area contributed by atoms with Gasteiger partial charge in [-0.3, -0.25) is 0 Å². The number of methoxy groups -OCH3 is 1. The third-order valence-electron chi connectivity index (χ3n) is 6.11. The molecule has 29 heavy (non-hydrogen) atoms. The van der Waals surface area contributed by atoms with Gasteiger partial charge in [-0.2, -0.15) is 0 Å². The molecule has 2 saturated heterocycles. The van der Waals surface area contributed by atoms with Crippen molar-refractivity contribution in [1.82, 2.24) is 4.90 Å². The number of anilines is 2. The molecule has 1 atom stereocenters. The highest BCUT2D eigenvalue weighted by molar-refractivity contribution is 5.93. The molecule has 154 valence electrons. The SMILES string of the molecule is COc1ccc(C2CCCN2C(=O)Nc2ccccc2N2CCCCCC2)cc1. The van der Waals surface area contributed by atoms with Crippen LogP contribution in [0.15, 0.2) is 48.5 Å². The maximum absolute atomic E-state index is 13.2. The van der Waals surface area contributed by atoms with E-state index in [4.69, 9.17) is 4.74 Å². The second-order valence-electron chi connectivity index (χ2n) is 7.97. The van der Waals surface area contributed by atoms with Crippen molar-refractivity contribution in [3.63, 3.8) is 0 Å². The molecule has 0 saturated carbocycles. The van der Waals surface area contributed by atoms with Crippen LogP contribution in [0.1, 0.15) is 50.1 Å². The Morgan fingerprint density at radius 3 is 2.38 bits per heavy atom. The number of rotatable bonds is 4. The molecule has 2 aliphatic rings. The number of carbonyl (C=O) groups is 1. The third kappa shape index (κ3) is 4.50. The Morgan fingerprint density at radius 1 is 0.931 bits per heavy atom. The minimum absolute atomic E-state index is 0.00871. The lowest BCUT2D eigenvalue weighted by Crippen LogP contribution is -2.35. The lowest BCUT2D eigenvalue weighted by atomic mass is 10.0.